The van der Waals surface area contributed by atoms with Gasteiger partial charge in [0.05, 0.1) is 10.7 Å². The molecule has 4 heteroatoms. The molecule has 8 heavy (non-hydrogen) atoms. The van der Waals surface area contributed by atoms with E-state index in [1.165, 1.54) is 0 Å². The predicted octanol–water partition coefficient (Wildman–Crippen LogP) is 1.89. The minimum Gasteiger partial charge on any atom is -0.158 e. The molecule has 0 unspecified atom stereocenters. The van der Waals surface area contributed by atoms with E-state index in [9.17, 15) is 0 Å². The van der Waals surface area contributed by atoms with Gasteiger partial charge in [0.25, 0.3) is 0 Å². The van der Waals surface area contributed by atoms with Crippen LogP contribution in [0.5, 0.6) is 0 Å². The summed E-state index contributed by atoms with van der Waals surface area (Å²) in [5.41, 5.74) is 0. The lowest BCUT2D eigenvalue weighted by Gasteiger charge is -1.86. The maximum Gasteiger partial charge on any atom is 0.165 e. The highest BCUT2D eigenvalue weighted by molar-refractivity contribution is 9.10. The topological polar surface area (TPSA) is 25.8 Å². The Morgan fingerprint density at radius 1 is 1.62 bits per heavy atom. The van der Waals surface area contributed by atoms with Crippen molar-refractivity contribution in [2.24, 2.45) is 0 Å². The molecule has 0 saturated heterocycles. The van der Waals surface area contributed by atoms with Crippen LogP contribution in [-0.4, -0.2) is 10.2 Å². The van der Waals surface area contributed by atoms with Crippen molar-refractivity contribution in [3.63, 3.8) is 0 Å². The Bertz CT molecular complexity index is 170. The second-order valence-corrected chi connectivity index (χ2v) is 2.38. The van der Waals surface area contributed by atoms with Gasteiger partial charge in [-0.25, -0.2) is 0 Å². The lowest BCUT2D eigenvalue weighted by molar-refractivity contribution is 1.02. The zero-order valence-corrected chi connectivity index (χ0v) is 6.15. The highest BCUT2D eigenvalue weighted by Gasteiger charge is 1.92. The van der Waals surface area contributed by atoms with Crippen LogP contribution in [-0.2, 0) is 0 Å². The van der Waals surface area contributed by atoms with Gasteiger partial charge in [-0.15, -0.1) is 5.10 Å². The van der Waals surface area contributed by atoms with E-state index < -0.39 is 0 Å². The van der Waals surface area contributed by atoms with E-state index in [-0.39, 0.29) is 0 Å². The number of nitrogens with zero attached hydrogens (tertiary/aromatic N) is 2. The number of halogens is 2. The highest BCUT2D eigenvalue weighted by Crippen LogP contribution is 2.16. The minimum atomic E-state index is 0.396. The van der Waals surface area contributed by atoms with Crippen LogP contribution in [0.1, 0.15) is 0 Å². The van der Waals surface area contributed by atoms with Gasteiger partial charge < -0.3 is 0 Å². The molecule has 0 N–H and O–H groups in total. The number of hydrogen-bond donors (Lipinski definition) is 0. The molecule has 1 aromatic heterocycles. The second-order valence-electron chi connectivity index (χ2n) is 1.17. The Hall–Kier alpha value is -0.150. The molecule has 1 aromatic rings. The predicted molar refractivity (Wildman–Crippen MR) is 34.7 cm³/mol. The molecule has 0 radical (unpaired) electrons. The first-order valence-corrected chi connectivity index (χ1v) is 3.10. The largest absolute Gasteiger partial charge is 0.165 e. The smallest absolute Gasteiger partial charge is 0.158 e. The van der Waals surface area contributed by atoms with Crippen LogP contribution < -0.4 is 0 Å². The van der Waals surface area contributed by atoms with E-state index in [0.717, 1.165) is 4.47 Å². The summed E-state index contributed by atoms with van der Waals surface area (Å²) in [6.07, 6.45) is 1.57. The van der Waals surface area contributed by atoms with Crippen molar-refractivity contribution in [3.8, 4) is 0 Å². The summed E-state index contributed by atoms with van der Waals surface area (Å²) in [6, 6.07) is 1.73. The average molecular weight is 193 g/mol. The third-order valence-electron chi connectivity index (χ3n) is 0.630. The minimum absolute atomic E-state index is 0.396. The van der Waals surface area contributed by atoms with Gasteiger partial charge in [-0.05, 0) is 22.0 Å². The van der Waals surface area contributed by atoms with Crippen molar-refractivity contribution in [2.75, 3.05) is 0 Å². The summed E-state index contributed by atoms with van der Waals surface area (Å²) in [7, 11) is 0. The summed E-state index contributed by atoms with van der Waals surface area (Å²) in [5, 5.41) is 7.48. The molecular formula is C4H2BrClN2. The van der Waals surface area contributed by atoms with Crippen LogP contribution >= 0.6 is 27.5 Å². The highest BCUT2D eigenvalue weighted by atomic mass is 79.9. The summed E-state index contributed by atoms with van der Waals surface area (Å²) < 4.78 is 0.772. The Kier molecular flexibility index (Phi) is 1.81. The van der Waals surface area contributed by atoms with Gasteiger partial charge in [0, 0.05) is 0 Å². The molecule has 1 heterocycles. The lowest BCUT2D eigenvalue weighted by atomic mass is 10.6. The Balaban J connectivity index is 3.13. The molecule has 0 atom stereocenters. The molecule has 0 amide bonds. The third-order valence-corrected chi connectivity index (χ3v) is 1.78. The first-order chi connectivity index (χ1) is 3.80. The first kappa shape index (κ1) is 5.98. The maximum atomic E-state index is 5.49. The van der Waals surface area contributed by atoms with Crippen LogP contribution in [0.25, 0.3) is 0 Å². The van der Waals surface area contributed by atoms with Crippen molar-refractivity contribution >= 4 is 27.5 Å². The fraction of sp³-hybridized carbons (Fsp3) is 0. The Labute approximate surface area is 60.0 Å². The molecule has 0 fully saturated rings. The SMILES string of the molecule is Clc1nnccc1Br. The van der Waals surface area contributed by atoms with Gasteiger partial charge in [0.2, 0.25) is 0 Å². The maximum absolute atomic E-state index is 5.49. The summed E-state index contributed by atoms with van der Waals surface area (Å²) in [6.45, 7) is 0. The normalized spacial score (nSPS) is 9.25. The van der Waals surface area contributed by atoms with E-state index in [0.29, 0.717) is 5.15 Å². The number of hydrogen-bond acceptors (Lipinski definition) is 2. The zero-order chi connectivity index (χ0) is 5.98. The van der Waals surface area contributed by atoms with Crippen molar-refractivity contribution in [1.82, 2.24) is 10.2 Å². The third kappa shape index (κ3) is 1.17. The van der Waals surface area contributed by atoms with Gasteiger partial charge in [-0.1, -0.05) is 11.6 Å². The van der Waals surface area contributed by atoms with E-state index >= 15 is 0 Å². The fourth-order valence-electron chi connectivity index (χ4n) is 0.299. The zero-order valence-electron chi connectivity index (χ0n) is 3.81. The molecule has 0 aliphatic rings. The Morgan fingerprint density at radius 3 is 2.75 bits per heavy atom. The number of rotatable bonds is 0. The molecule has 0 spiro atoms. The van der Waals surface area contributed by atoms with Gasteiger partial charge in [0.15, 0.2) is 5.15 Å². The van der Waals surface area contributed by atoms with Crippen molar-refractivity contribution in [3.05, 3.63) is 21.9 Å². The van der Waals surface area contributed by atoms with Crippen molar-refractivity contribution < 1.29 is 0 Å². The fourth-order valence-corrected chi connectivity index (χ4v) is 0.603. The standard InChI is InChI=1S/C4H2BrClN2/c5-3-1-2-7-8-4(3)6/h1-2H. The van der Waals surface area contributed by atoms with E-state index in [1.807, 2.05) is 0 Å². The Morgan fingerprint density at radius 2 is 2.38 bits per heavy atom. The van der Waals surface area contributed by atoms with E-state index in [4.69, 9.17) is 11.6 Å². The van der Waals surface area contributed by atoms with E-state index in [2.05, 4.69) is 26.1 Å². The molecule has 42 valence electrons. The molecule has 0 aliphatic heterocycles. The average Bonchev–Trinajstić information content (AvgIpc) is 1.77. The first-order valence-electron chi connectivity index (χ1n) is 1.93. The van der Waals surface area contributed by atoms with Gasteiger partial charge in [0.1, 0.15) is 0 Å². The van der Waals surface area contributed by atoms with Crippen LogP contribution in [0.4, 0.5) is 0 Å². The van der Waals surface area contributed by atoms with Crippen LogP contribution in [0.15, 0.2) is 16.7 Å². The quantitative estimate of drug-likeness (QED) is 0.629. The van der Waals surface area contributed by atoms with Crippen molar-refractivity contribution in [1.29, 1.82) is 0 Å². The number of aromatic nitrogens is 2. The molecule has 0 bridgehead atoms. The summed E-state index contributed by atoms with van der Waals surface area (Å²) in [5.74, 6) is 0. The van der Waals surface area contributed by atoms with Crippen LogP contribution in [0.2, 0.25) is 5.15 Å². The summed E-state index contributed by atoms with van der Waals surface area (Å²) in [4.78, 5) is 0. The molecule has 1 rings (SSSR count). The monoisotopic (exact) mass is 192 g/mol. The van der Waals surface area contributed by atoms with Crippen molar-refractivity contribution in [2.45, 2.75) is 0 Å². The second kappa shape index (κ2) is 2.42. The molecule has 2 nitrogen and oxygen atoms in total. The molecule has 0 aliphatic carbocycles. The molecule has 0 aromatic carbocycles. The van der Waals surface area contributed by atoms with Gasteiger partial charge in [-0.3, -0.25) is 0 Å². The molecular weight excluding hydrogens is 191 g/mol. The van der Waals surface area contributed by atoms with E-state index in [1.54, 1.807) is 12.3 Å². The van der Waals surface area contributed by atoms with Crippen LogP contribution in [0, 0.1) is 0 Å². The van der Waals surface area contributed by atoms with Crippen LogP contribution in [0.3, 0.4) is 0 Å². The summed E-state index contributed by atoms with van der Waals surface area (Å²) >= 11 is 8.65. The van der Waals surface area contributed by atoms with Gasteiger partial charge >= 0.3 is 0 Å². The lowest BCUT2D eigenvalue weighted by Crippen LogP contribution is -1.78. The van der Waals surface area contributed by atoms with Gasteiger partial charge in [-0.2, -0.15) is 5.10 Å². The molecule has 0 saturated carbocycles.